The minimum Gasteiger partial charge on any atom is -0.369 e. The van der Waals surface area contributed by atoms with E-state index in [0.29, 0.717) is 25.1 Å². The average molecular weight is 297 g/mol. The summed E-state index contributed by atoms with van der Waals surface area (Å²) in [5.74, 6) is -0.889. The molecular formula is C13H19N3O3S. The Morgan fingerprint density at radius 2 is 2.05 bits per heavy atom. The van der Waals surface area contributed by atoms with Gasteiger partial charge in [-0.3, -0.25) is 4.79 Å². The second-order valence-electron chi connectivity index (χ2n) is 5.03. The maximum absolute atomic E-state index is 12.3. The van der Waals surface area contributed by atoms with Crippen LogP contribution in [0.1, 0.15) is 17.5 Å². The molecule has 1 amide bonds. The standard InChI is InChI=1S/C13H19N3O3S/c14-7-10-2-1-3-11(6-10)9-20(18,19)16-5-4-12(8-16)13(15)17/h1-3,6,12H,4-5,7-9,14H2,(H2,15,17). The van der Waals surface area contributed by atoms with Crippen LogP contribution in [0.2, 0.25) is 0 Å². The van der Waals surface area contributed by atoms with Crippen molar-refractivity contribution < 1.29 is 13.2 Å². The molecule has 20 heavy (non-hydrogen) atoms. The van der Waals surface area contributed by atoms with Gasteiger partial charge in [0, 0.05) is 19.6 Å². The van der Waals surface area contributed by atoms with E-state index in [1.165, 1.54) is 4.31 Å². The quantitative estimate of drug-likeness (QED) is 0.783. The largest absolute Gasteiger partial charge is 0.369 e. The fourth-order valence-corrected chi connectivity index (χ4v) is 3.94. The SMILES string of the molecule is NCc1cccc(CS(=O)(=O)N2CCC(C(N)=O)C2)c1. The van der Waals surface area contributed by atoms with E-state index in [1.54, 1.807) is 18.2 Å². The number of nitrogens with zero attached hydrogens (tertiary/aromatic N) is 1. The first kappa shape index (κ1) is 15.0. The predicted molar refractivity (Wildman–Crippen MR) is 75.8 cm³/mol. The zero-order valence-corrected chi connectivity index (χ0v) is 12.0. The molecule has 0 spiro atoms. The van der Waals surface area contributed by atoms with E-state index >= 15 is 0 Å². The Morgan fingerprint density at radius 1 is 1.35 bits per heavy atom. The molecule has 7 heteroatoms. The molecule has 6 nitrogen and oxygen atoms in total. The number of hydrogen-bond donors (Lipinski definition) is 2. The first-order valence-electron chi connectivity index (χ1n) is 6.47. The lowest BCUT2D eigenvalue weighted by Gasteiger charge is -2.16. The minimum atomic E-state index is -3.42. The van der Waals surface area contributed by atoms with Gasteiger partial charge in [-0.05, 0) is 17.5 Å². The van der Waals surface area contributed by atoms with Crippen molar-refractivity contribution in [2.75, 3.05) is 13.1 Å². The summed E-state index contributed by atoms with van der Waals surface area (Å²) in [4.78, 5) is 11.1. The Hall–Kier alpha value is -1.44. The Bertz CT molecular complexity index is 601. The lowest BCUT2D eigenvalue weighted by atomic mass is 10.1. The molecule has 4 N–H and O–H groups in total. The lowest BCUT2D eigenvalue weighted by molar-refractivity contribution is -0.121. The number of rotatable bonds is 5. The third kappa shape index (κ3) is 3.36. The van der Waals surface area contributed by atoms with Gasteiger partial charge in [0.1, 0.15) is 0 Å². The fraction of sp³-hybridized carbons (Fsp3) is 0.462. The van der Waals surface area contributed by atoms with Crippen LogP contribution in [0.5, 0.6) is 0 Å². The third-order valence-corrected chi connectivity index (χ3v) is 5.34. The van der Waals surface area contributed by atoms with Crippen LogP contribution in [0.25, 0.3) is 0 Å². The molecule has 1 fully saturated rings. The Balaban J connectivity index is 2.09. The molecule has 1 atom stereocenters. The van der Waals surface area contributed by atoms with Gasteiger partial charge in [0.25, 0.3) is 0 Å². The first-order valence-corrected chi connectivity index (χ1v) is 8.08. The molecule has 1 aromatic rings. The van der Waals surface area contributed by atoms with Crippen LogP contribution in [-0.4, -0.2) is 31.7 Å². The monoisotopic (exact) mass is 297 g/mol. The zero-order valence-electron chi connectivity index (χ0n) is 11.2. The van der Waals surface area contributed by atoms with E-state index in [9.17, 15) is 13.2 Å². The molecule has 1 aliphatic heterocycles. The Kier molecular flexibility index (Phi) is 4.42. The van der Waals surface area contributed by atoms with E-state index in [4.69, 9.17) is 11.5 Å². The molecule has 1 saturated heterocycles. The normalized spacial score (nSPS) is 20.1. The van der Waals surface area contributed by atoms with Crippen molar-refractivity contribution in [3.63, 3.8) is 0 Å². The second kappa shape index (κ2) is 5.90. The molecule has 0 radical (unpaired) electrons. The van der Waals surface area contributed by atoms with Crippen LogP contribution >= 0.6 is 0 Å². The van der Waals surface area contributed by atoms with Gasteiger partial charge in [-0.15, -0.1) is 0 Å². The summed E-state index contributed by atoms with van der Waals surface area (Å²) in [6, 6.07) is 7.20. The second-order valence-corrected chi connectivity index (χ2v) is 7.00. The van der Waals surface area contributed by atoms with E-state index in [1.807, 2.05) is 6.07 Å². The molecule has 0 aromatic heterocycles. The zero-order chi connectivity index (χ0) is 14.8. The number of amides is 1. The van der Waals surface area contributed by atoms with Gasteiger partial charge < -0.3 is 11.5 Å². The summed E-state index contributed by atoms with van der Waals surface area (Å²) in [6.07, 6.45) is 0.497. The number of carbonyl (C=O) groups excluding carboxylic acids is 1. The van der Waals surface area contributed by atoms with E-state index in [-0.39, 0.29) is 18.2 Å². The number of benzene rings is 1. The summed E-state index contributed by atoms with van der Waals surface area (Å²) >= 11 is 0. The highest BCUT2D eigenvalue weighted by atomic mass is 32.2. The predicted octanol–water partition coefficient (Wildman–Crippen LogP) is -0.218. The van der Waals surface area contributed by atoms with Crippen LogP contribution in [0.15, 0.2) is 24.3 Å². The van der Waals surface area contributed by atoms with Gasteiger partial charge in [0.05, 0.1) is 11.7 Å². The topological polar surface area (TPSA) is 106 Å². The van der Waals surface area contributed by atoms with Gasteiger partial charge in [-0.1, -0.05) is 24.3 Å². The number of nitrogens with two attached hydrogens (primary N) is 2. The van der Waals surface area contributed by atoms with Crippen LogP contribution in [0.3, 0.4) is 0 Å². The highest BCUT2D eigenvalue weighted by Crippen LogP contribution is 2.21. The molecule has 0 aliphatic carbocycles. The van der Waals surface area contributed by atoms with Gasteiger partial charge >= 0.3 is 0 Å². The van der Waals surface area contributed by atoms with Crippen molar-refractivity contribution in [3.05, 3.63) is 35.4 Å². The van der Waals surface area contributed by atoms with Gasteiger partial charge in [0.15, 0.2) is 0 Å². The molecule has 1 aromatic carbocycles. The molecule has 1 heterocycles. The van der Waals surface area contributed by atoms with Crippen LogP contribution in [0.4, 0.5) is 0 Å². The molecule has 0 saturated carbocycles. The van der Waals surface area contributed by atoms with Crippen LogP contribution in [-0.2, 0) is 27.1 Å². The maximum Gasteiger partial charge on any atom is 0.221 e. The highest BCUT2D eigenvalue weighted by molar-refractivity contribution is 7.88. The van der Waals surface area contributed by atoms with Crippen molar-refractivity contribution in [3.8, 4) is 0 Å². The highest BCUT2D eigenvalue weighted by Gasteiger charge is 2.33. The summed E-state index contributed by atoms with van der Waals surface area (Å²) < 4.78 is 26.0. The summed E-state index contributed by atoms with van der Waals surface area (Å²) in [7, 11) is -3.42. The van der Waals surface area contributed by atoms with Crippen molar-refractivity contribution in [2.45, 2.75) is 18.7 Å². The number of sulfonamides is 1. The van der Waals surface area contributed by atoms with Crippen molar-refractivity contribution >= 4 is 15.9 Å². The van der Waals surface area contributed by atoms with Gasteiger partial charge in [-0.25, -0.2) is 12.7 Å². The average Bonchev–Trinajstić information content (AvgIpc) is 2.89. The van der Waals surface area contributed by atoms with Gasteiger partial charge in [-0.2, -0.15) is 0 Å². The molecule has 1 unspecified atom stereocenters. The minimum absolute atomic E-state index is 0.0771. The maximum atomic E-state index is 12.3. The van der Waals surface area contributed by atoms with Crippen LogP contribution < -0.4 is 11.5 Å². The Labute approximate surface area is 118 Å². The summed E-state index contributed by atoms with van der Waals surface area (Å²) in [5.41, 5.74) is 12.4. The Morgan fingerprint density at radius 3 is 2.65 bits per heavy atom. The smallest absolute Gasteiger partial charge is 0.221 e. The molecule has 1 aliphatic rings. The van der Waals surface area contributed by atoms with Crippen LogP contribution in [0, 0.1) is 5.92 Å². The molecular weight excluding hydrogens is 278 g/mol. The lowest BCUT2D eigenvalue weighted by Crippen LogP contribution is -2.32. The fourth-order valence-electron chi connectivity index (χ4n) is 2.36. The van der Waals surface area contributed by atoms with E-state index in [2.05, 4.69) is 0 Å². The summed E-state index contributed by atoms with van der Waals surface area (Å²) in [5, 5.41) is 0. The number of primary amides is 1. The number of carbonyl (C=O) groups is 1. The van der Waals surface area contributed by atoms with E-state index in [0.717, 1.165) is 5.56 Å². The van der Waals surface area contributed by atoms with Crippen molar-refractivity contribution in [1.82, 2.24) is 4.31 Å². The van der Waals surface area contributed by atoms with Crippen molar-refractivity contribution in [2.24, 2.45) is 17.4 Å². The molecule has 2 rings (SSSR count). The summed E-state index contributed by atoms with van der Waals surface area (Å²) in [6.45, 7) is 0.919. The molecule has 0 bridgehead atoms. The van der Waals surface area contributed by atoms with Gasteiger partial charge in [0.2, 0.25) is 15.9 Å². The molecule has 110 valence electrons. The number of hydrogen-bond acceptors (Lipinski definition) is 4. The third-order valence-electron chi connectivity index (χ3n) is 3.52. The van der Waals surface area contributed by atoms with E-state index < -0.39 is 15.9 Å². The first-order chi connectivity index (χ1) is 9.42. The van der Waals surface area contributed by atoms with Crippen molar-refractivity contribution in [1.29, 1.82) is 0 Å².